The first kappa shape index (κ1) is 21.7. The number of hydrogen-bond acceptors (Lipinski definition) is 3. The Kier molecular flexibility index (Phi) is 9.66. The van der Waals surface area contributed by atoms with Crippen molar-refractivity contribution in [2.24, 2.45) is 0 Å². The van der Waals surface area contributed by atoms with Crippen LogP contribution in [0.3, 0.4) is 0 Å². The smallest absolute Gasteiger partial charge is 0.314 e. The normalized spacial score (nSPS) is 17.3. The van der Waals surface area contributed by atoms with Crippen molar-refractivity contribution in [2.75, 3.05) is 26.2 Å². The Morgan fingerprint density at radius 1 is 1.27 bits per heavy atom. The van der Waals surface area contributed by atoms with Gasteiger partial charge in [0.2, 0.25) is 0 Å². The van der Waals surface area contributed by atoms with Crippen LogP contribution in [0.1, 0.15) is 24.4 Å². The summed E-state index contributed by atoms with van der Waals surface area (Å²) in [7, 11) is 0. The Bertz CT molecular complexity index is 440. The third-order valence-corrected chi connectivity index (χ3v) is 3.76. The van der Waals surface area contributed by atoms with Crippen LogP contribution in [0.4, 0.5) is 13.2 Å². The second kappa shape index (κ2) is 9.78. The lowest BCUT2D eigenvalue weighted by Crippen LogP contribution is -2.45. The van der Waals surface area contributed by atoms with E-state index in [9.17, 15) is 13.2 Å². The first-order valence-corrected chi connectivity index (χ1v) is 6.97. The van der Waals surface area contributed by atoms with Gasteiger partial charge in [-0.1, -0.05) is 17.7 Å². The molecular formula is C13H19Cl3F3N3. The maximum absolute atomic E-state index is 12.5. The van der Waals surface area contributed by atoms with E-state index in [0.717, 1.165) is 13.1 Å². The molecule has 9 heteroatoms. The van der Waals surface area contributed by atoms with Crippen LogP contribution in [-0.4, -0.2) is 42.2 Å². The minimum Gasteiger partial charge on any atom is -0.314 e. The summed E-state index contributed by atoms with van der Waals surface area (Å²) in [4.78, 5) is 6.03. The van der Waals surface area contributed by atoms with Crippen molar-refractivity contribution >= 4 is 36.4 Å². The summed E-state index contributed by atoms with van der Waals surface area (Å²) in [5.74, 6) is 0. The number of halogens is 6. The van der Waals surface area contributed by atoms with Gasteiger partial charge in [-0.25, -0.2) is 4.98 Å². The van der Waals surface area contributed by atoms with E-state index in [1.54, 1.807) is 18.3 Å². The molecule has 1 aromatic rings. The molecule has 1 atom stereocenters. The first-order chi connectivity index (χ1) is 9.47. The number of piperazine rings is 1. The highest BCUT2D eigenvalue weighted by atomic mass is 35.5. The molecule has 1 aliphatic heterocycles. The van der Waals surface area contributed by atoms with Gasteiger partial charge in [0.05, 0.1) is 0 Å². The van der Waals surface area contributed by atoms with Crippen molar-refractivity contribution in [2.45, 2.75) is 25.1 Å². The summed E-state index contributed by atoms with van der Waals surface area (Å²) in [5.41, 5.74) is 0.681. The minimum absolute atomic E-state index is 0. The predicted molar refractivity (Wildman–Crippen MR) is 86.2 cm³/mol. The van der Waals surface area contributed by atoms with E-state index < -0.39 is 12.6 Å². The standard InChI is InChI=1S/C13H17ClF3N3.2ClH/c14-12-10(2-1-5-19-12)11(3-4-13(15,16)17)20-8-6-18-7-9-20;;/h1-2,5,11,18H,3-4,6-9H2;2*1H/t11-;;/m0../s1. The number of nitrogens with zero attached hydrogens (tertiary/aromatic N) is 2. The van der Waals surface area contributed by atoms with E-state index in [1.165, 1.54) is 0 Å². The molecule has 128 valence electrons. The molecule has 0 spiro atoms. The molecule has 1 aromatic heterocycles. The van der Waals surface area contributed by atoms with E-state index in [4.69, 9.17) is 11.6 Å². The number of nitrogens with one attached hydrogen (secondary N) is 1. The molecular weight excluding hydrogens is 362 g/mol. The van der Waals surface area contributed by atoms with Gasteiger partial charge in [0.15, 0.2) is 0 Å². The lowest BCUT2D eigenvalue weighted by molar-refractivity contribution is -0.138. The van der Waals surface area contributed by atoms with E-state index in [-0.39, 0.29) is 37.3 Å². The van der Waals surface area contributed by atoms with E-state index in [1.807, 2.05) is 4.90 Å². The maximum Gasteiger partial charge on any atom is 0.389 e. The first-order valence-electron chi connectivity index (χ1n) is 6.59. The molecule has 1 fully saturated rings. The molecule has 0 bridgehead atoms. The Balaban J connectivity index is 0.00000220. The molecule has 2 heterocycles. The molecule has 1 saturated heterocycles. The topological polar surface area (TPSA) is 28.2 Å². The number of rotatable bonds is 4. The van der Waals surface area contributed by atoms with Crippen molar-refractivity contribution < 1.29 is 13.2 Å². The van der Waals surface area contributed by atoms with Crippen LogP contribution < -0.4 is 5.32 Å². The maximum atomic E-state index is 12.5. The molecule has 0 aliphatic carbocycles. The van der Waals surface area contributed by atoms with Crippen molar-refractivity contribution in [1.29, 1.82) is 0 Å². The summed E-state index contributed by atoms with van der Waals surface area (Å²) in [5, 5.41) is 3.49. The lowest BCUT2D eigenvalue weighted by Gasteiger charge is -2.35. The Hall–Kier alpha value is -0.270. The van der Waals surface area contributed by atoms with E-state index >= 15 is 0 Å². The zero-order valence-electron chi connectivity index (χ0n) is 11.8. The zero-order chi connectivity index (χ0) is 14.6. The second-order valence-corrected chi connectivity index (χ2v) is 5.20. The number of aromatic nitrogens is 1. The van der Waals surface area contributed by atoms with Crippen molar-refractivity contribution in [3.05, 3.63) is 29.0 Å². The average Bonchev–Trinajstić information content (AvgIpc) is 2.41. The molecule has 22 heavy (non-hydrogen) atoms. The fourth-order valence-corrected chi connectivity index (χ4v) is 2.72. The highest BCUT2D eigenvalue weighted by molar-refractivity contribution is 6.30. The van der Waals surface area contributed by atoms with Gasteiger partial charge >= 0.3 is 6.18 Å². The molecule has 0 radical (unpaired) electrons. The van der Waals surface area contributed by atoms with Gasteiger partial charge in [-0.15, -0.1) is 24.8 Å². The lowest BCUT2D eigenvalue weighted by atomic mass is 10.0. The fourth-order valence-electron chi connectivity index (χ4n) is 2.48. The van der Waals surface area contributed by atoms with Crippen LogP contribution in [0.25, 0.3) is 0 Å². The average molecular weight is 381 g/mol. The third-order valence-electron chi connectivity index (χ3n) is 3.44. The quantitative estimate of drug-likeness (QED) is 0.804. The highest BCUT2D eigenvalue weighted by Gasteiger charge is 2.32. The van der Waals surface area contributed by atoms with Gasteiger partial charge < -0.3 is 5.32 Å². The second-order valence-electron chi connectivity index (χ2n) is 4.84. The van der Waals surface area contributed by atoms with Crippen molar-refractivity contribution in [1.82, 2.24) is 15.2 Å². The Morgan fingerprint density at radius 3 is 2.45 bits per heavy atom. The molecule has 3 nitrogen and oxygen atoms in total. The Labute approximate surface area is 145 Å². The van der Waals surface area contributed by atoms with E-state index in [2.05, 4.69) is 10.3 Å². The molecule has 1 aliphatic rings. The van der Waals surface area contributed by atoms with Crippen LogP contribution in [0, 0.1) is 0 Å². The molecule has 0 aromatic carbocycles. The van der Waals surface area contributed by atoms with Crippen LogP contribution >= 0.6 is 36.4 Å². The summed E-state index contributed by atoms with van der Waals surface area (Å²) < 4.78 is 37.6. The minimum atomic E-state index is -4.15. The van der Waals surface area contributed by atoms with Crippen molar-refractivity contribution in [3.63, 3.8) is 0 Å². The highest BCUT2D eigenvalue weighted by Crippen LogP contribution is 2.34. The Morgan fingerprint density at radius 2 is 1.91 bits per heavy atom. The third kappa shape index (κ3) is 6.46. The van der Waals surface area contributed by atoms with Gasteiger partial charge in [0.1, 0.15) is 5.15 Å². The largest absolute Gasteiger partial charge is 0.389 e. The van der Waals surface area contributed by atoms with Crippen molar-refractivity contribution in [3.8, 4) is 0 Å². The zero-order valence-corrected chi connectivity index (χ0v) is 14.2. The van der Waals surface area contributed by atoms with Crippen LogP contribution in [0.2, 0.25) is 5.15 Å². The number of pyridine rings is 1. The van der Waals surface area contributed by atoms with E-state index in [0.29, 0.717) is 23.8 Å². The van der Waals surface area contributed by atoms with Gasteiger partial charge in [-0.05, 0) is 12.5 Å². The van der Waals surface area contributed by atoms with Gasteiger partial charge in [-0.3, -0.25) is 4.90 Å². The summed E-state index contributed by atoms with van der Waals surface area (Å²) >= 11 is 6.05. The molecule has 2 rings (SSSR count). The molecule has 0 saturated carbocycles. The van der Waals surface area contributed by atoms with Gasteiger partial charge in [0, 0.05) is 50.4 Å². The number of alkyl halides is 3. The van der Waals surface area contributed by atoms with Crippen LogP contribution in [0.15, 0.2) is 18.3 Å². The SMILES string of the molecule is Cl.Cl.FC(F)(F)CC[C@@H](c1cccnc1Cl)N1CCNCC1. The molecule has 0 amide bonds. The summed E-state index contributed by atoms with van der Waals surface area (Å²) in [6.45, 7) is 2.99. The van der Waals surface area contributed by atoms with Gasteiger partial charge in [0.25, 0.3) is 0 Å². The number of hydrogen-bond donors (Lipinski definition) is 1. The monoisotopic (exact) mass is 379 g/mol. The van der Waals surface area contributed by atoms with Crippen LogP contribution in [-0.2, 0) is 0 Å². The summed E-state index contributed by atoms with van der Waals surface area (Å²) in [6, 6.07) is 3.14. The predicted octanol–water partition coefficient (Wildman–Crippen LogP) is 3.87. The molecule has 1 N–H and O–H groups in total. The summed E-state index contributed by atoms with van der Waals surface area (Å²) in [6.07, 6.45) is -3.41. The van der Waals surface area contributed by atoms with Crippen LogP contribution in [0.5, 0.6) is 0 Å². The van der Waals surface area contributed by atoms with Gasteiger partial charge in [-0.2, -0.15) is 13.2 Å². The fraction of sp³-hybridized carbons (Fsp3) is 0.615. The molecule has 0 unspecified atom stereocenters.